The number of aryl methyl sites for hydroxylation is 1. The first-order valence-corrected chi connectivity index (χ1v) is 10.0. The van der Waals surface area contributed by atoms with E-state index < -0.39 is 10.9 Å². The van der Waals surface area contributed by atoms with Crippen LogP contribution in [0.4, 0.5) is 5.69 Å². The first kappa shape index (κ1) is 22.7. The minimum absolute atomic E-state index is 0.0174. The number of nitro benzene ring substituents is 1. The average Bonchev–Trinajstić information content (AvgIpc) is 2.79. The van der Waals surface area contributed by atoms with E-state index in [-0.39, 0.29) is 36.1 Å². The van der Waals surface area contributed by atoms with Crippen molar-refractivity contribution in [2.24, 2.45) is 0 Å². The van der Waals surface area contributed by atoms with Gasteiger partial charge in [-0.05, 0) is 42.8 Å². The number of non-ortho nitro benzene ring substituents is 1. The summed E-state index contributed by atoms with van der Waals surface area (Å²) in [7, 11) is 0. The number of rotatable bonds is 7. The molecule has 10 nitrogen and oxygen atoms in total. The first-order valence-electron chi connectivity index (χ1n) is 10.0. The quantitative estimate of drug-likeness (QED) is 0.515. The molecule has 0 bridgehead atoms. The molecule has 0 aromatic heterocycles. The normalized spacial score (nSPS) is 13.5. The highest BCUT2D eigenvalue weighted by Gasteiger charge is 2.25. The Bertz CT molecular complexity index is 1030. The number of hydrogen-bond acceptors (Lipinski definition) is 6. The van der Waals surface area contributed by atoms with Crippen molar-refractivity contribution >= 4 is 23.5 Å². The molecule has 10 heteroatoms. The van der Waals surface area contributed by atoms with Gasteiger partial charge in [-0.25, -0.2) is 4.79 Å². The zero-order chi connectivity index (χ0) is 23.3. The van der Waals surface area contributed by atoms with E-state index in [4.69, 9.17) is 9.84 Å². The van der Waals surface area contributed by atoms with E-state index in [0.717, 1.165) is 0 Å². The summed E-state index contributed by atoms with van der Waals surface area (Å²) in [6, 6.07) is 10.1. The smallest absolute Gasteiger partial charge is 0.335 e. The van der Waals surface area contributed by atoms with Crippen molar-refractivity contribution in [2.75, 3.05) is 32.8 Å². The highest BCUT2D eigenvalue weighted by Crippen LogP contribution is 2.23. The summed E-state index contributed by atoms with van der Waals surface area (Å²) < 4.78 is 5.60. The van der Waals surface area contributed by atoms with Crippen molar-refractivity contribution in [2.45, 2.75) is 13.3 Å². The molecule has 2 aromatic carbocycles. The van der Waals surface area contributed by atoms with Crippen LogP contribution in [0.1, 0.15) is 32.7 Å². The van der Waals surface area contributed by atoms with E-state index >= 15 is 0 Å². The van der Waals surface area contributed by atoms with E-state index in [0.29, 0.717) is 43.1 Å². The third-order valence-corrected chi connectivity index (χ3v) is 5.24. The Morgan fingerprint density at radius 2 is 1.59 bits per heavy atom. The standard InChI is InChI=1S/C22H23N3O7/c1-15-14-18(25(30)31)6-7-19(15)32-13-8-20(26)23-9-11-24(12-10-23)21(27)16-2-4-17(5-3-16)22(28)29/h2-7,14H,8-13H2,1H3,(H,28,29). The predicted molar refractivity (Wildman–Crippen MR) is 114 cm³/mol. The lowest BCUT2D eigenvalue weighted by molar-refractivity contribution is -0.384. The molecule has 0 atom stereocenters. The molecular formula is C22H23N3O7. The summed E-state index contributed by atoms with van der Waals surface area (Å²) in [5, 5.41) is 19.7. The first-order chi connectivity index (χ1) is 15.3. The van der Waals surface area contributed by atoms with Crippen LogP contribution in [0.5, 0.6) is 5.75 Å². The number of benzene rings is 2. The minimum Gasteiger partial charge on any atom is -0.493 e. The van der Waals surface area contributed by atoms with Gasteiger partial charge in [-0.3, -0.25) is 19.7 Å². The van der Waals surface area contributed by atoms with Gasteiger partial charge >= 0.3 is 5.97 Å². The lowest BCUT2D eigenvalue weighted by Crippen LogP contribution is -2.50. The Labute approximate surface area is 184 Å². The maximum Gasteiger partial charge on any atom is 0.335 e. The van der Waals surface area contributed by atoms with Crippen LogP contribution in [0.25, 0.3) is 0 Å². The summed E-state index contributed by atoms with van der Waals surface area (Å²) >= 11 is 0. The average molecular weight is 441 g/mol. The Kier molecular flexibility index (Phi) is 7.04. The summed E-state index contributed by atoms with van der Waals surface area (Å²) in [6.45, 7) is 3.41. The van der Waals surface area contributed by atoms with Crippen LogP contribution in [0.2, 0.25) is 0 Å². The number of nitro groups is 1. The van der Waals surface area contributed by atoms with Gasteiger partial charge in [0.25, 0.3) is 11.6 Å². The third-order valence-electron chi connectivity index (χ3n) is 5.24. The topological polar surface area (TPSA) is 130 Å². The van der Waals surface area contributed by atoms with Crippen molar-refractivity contribution < 1.29 is 29.2 Å². The molecule has 168 valence electrons. The number of ether oxygens (including phenoxy) is 1. The number of carbonyl (C=O) groups excluding carboxylic acids is 2. The second kappa shape index (κ2) is 9.90. The van der Waals surface area contributed by atoms with Gasteiger partial charge in [-0.15, -0.1) is 0 Å². The second-order valence-corrected chi connectivity index (χ2v) is 7.36. The predicted octanol–water partition coefficient (Wildman–Crippen LogP) is 2.35. The second-order valence-electron chi connectivity index (χ2n) is 7.36. The van der Waals surface area contributed by atoms with Gasteiger partial charge in [-0.2, -0.15) is 0 Å². The number of hydrogen-bond donors (Lipinski definition) is 1. The van der Waals surface area contributed by atoms with Crippen LogP contribution in [-0.2, 0) is 4.79 Å². The molecule has 0 aliphatic carbocycles. The maximum absolute atomic E-state index is 12.6. The van der Waals surface area contributed by atoms with Crippen molar-refractivity contribution in [1.82, 2.24) is 9.80 Å². The van der Waals surface area contributed by atoms with E-state index in [1.807, 2.05) is 0 Å². The lowest BCUT2D eigenvalue weighted by atomic mass is 10.1. The summed E-state index contributed by atoms with van der Waals surface area (Å²) in [4.78, 5) is 49.6. The van der Waals surface area contributed by atoms with E-state index in [2.05, 4.69) is 0 Å². The van der Waals surface area contributed by atoms with Crippen LogP contribution in [0.3, 0.4) is 0 Å². The number of aromatic carboxylic acids is 1. The van der Waals surface area contributed by atoms with Gasteiger partial charge in [0.05, 0.1) is 23.5 Å². The lowest BCUT2D eigenvalue weighted by Gasteiger charge is -2.35. The highest BCUT2D eigenvalue weighted by molar-refractivity contribution is 5.96. The summed E-state index contributed by atoms with van der Waals surface area (Å²) in [5.74, 6) is -0.856. The SMILES string of the molecule is Cc1cc([N+](=O)[O-])ccc1OCCC(=O)N1CCN(C(=O)c2ccc(C(=O)O)cc2)CC1. The van der Waals surface area contributed by atoms with Crippen molar-refractivity contribution in [3.05, 3.63) is 69.3 Å². The fraction of sp³-hybridized carbons (Fsp3) is 0.318. The molecular weight excluding hydrogens is 418 g/mol. The fourth-order valence-electron chi connectivity index (χ4n) is 3.41. The number of carboxylic acids is 1. The van der Waals surface area contributed by atoms with Crippen molar-refractivity contribution in [3.8, 4) is 5.75 Å². The van der Waals surface area contributed by atoms with Gasteiger partial charge < -0.3 is 19.6 Å². The number of amides is 2. The van der Waals surface area contributed by atoms with E-state index in [1.165, 1.54) is 42.5 Å². The van der Waals surface area contributed by atoms with Gasteiger partial charge in [0.1, 0.15) is 5.75 Å². The Morgan fingerprint density at radius 1 is 1.00 bits per heavy atom. The van der Waals surface area contributed by atoms with Gasteiger partial charge in [0, 0.05) is 43.9 Å². The van der Waals surface area contributed by atoms with Crippen molar-refractivity contribution in [3.63, 3.8) is 0 Å². The molecule has 1 fully saturated rings. The molecule has 32 heavy (non-hydrogen) atoms. The molecule has 0 radical (unpaired) electrons. The molecule has 1 aliphatic rings. The van der Waals surface area contributed by atoms with Crippen LogP contribution in [-0.4, -0.2) is 70.4 Å². The minimum atomic E-state index is -1.05. The largest absolute Gasteiger partial charge is 0.493 e. The molecule has 2 aromatic rings. The molecule has 3 rings (SSSR count). The number of piperazine rings is 1. The van der Waals surface area contributed by atoms with Gasteiger partial charge in [0.15, 0.2) is 0 Å². The fourth-order valence-corrected chi connectivity index (χ4v) is 3.41. The molecule has 1 aliphatic heterocycles. The Balaban J connectivity index is 1.45. The third kappa shape index (κ3) is 5.39. The van der Waals surface area contributed by atoms with Crippen LogP contribution in [0, 0.1) is 17.0 Å². The van der Waals surface area contributed by atoms with Gasteiger partial charge in [0.2, 0.25) is 5.91 Å². The maximum atomic E-state index is 12.6. The zero-order valence-electron chi connectivity index (χ0n) is 17.5. The molecule has 0 spiro atoms. The van der Waals surface area contributed by atoms with Gasteiger partial charge in [-0.1, -0.05) is 0 Å². The monoisotopic (exact) mass is 441 g/mol. The van der Waals surface area contributed by atoms with E-state index in [1.54, 1.807) is 16.7 Å². The number of carbonyl (C=O) groups is 3. The molecule has 0 saturated carbocycles. The van der Waals surface area contributed by atoms with Crippen LogP contribution in [0.15, 0.2) is 42.5 Å². The summed E-state index contributed by atoms with van der Waals surface area (Å²) in [5.41, 5.74) is 1.12. The van der Waals surface area contributed by atoms with E-state index in [9.17, 15) is 24.5 Å². The zero-order valence-corrected chi connectivity index (χ0v) is 17.5. The Morgan fingerprint density at radius 3 is 2.16 bits per heavy atom. The highest BCUT2D eigenvalue weighted by atomic mass is 16.6. The summed E-state index contributed by atoms with van der Waals surface area (Å²) in [6.07, 6.45) is 0.154. The number of carboxylic acid groups (broad SMARTS) is 1. The number of nitrogens with zero attached hydrogens (tertiary/aromatic N) is 3. The molecule has 1 N–H and O–H groups in total. The molecule has 2 amide bonds. The molecule has 0 unspecified atom stereocenters. The molecule has 1 saturated heterocycles. The Hall–Kier alpha value is -3.95. The van der Waals surface area contributed by atoms with Crippen LogP contribution >= 0.6 is 0 Å². The van der Waals surface area contributed by atoms with Crippen molar-refractivity contribution in [1.29, 1.82) is 0 Å². The van der Waals surface area contributed by atoms with Crippen LogP contribution < -0.4 is 4.74 Å². The molecule has 1 heterocycles.